The maximum absolute atomic E-state index is 13.5. The molecule has 3 aromatic rings. The Labute approximate surface area is 214 Å². The summed E-state index contributed by atoms with van der Waals surface area (Å²) in [6.07, 6.45) is -2.04. The van der Waals surface area contributed by atoms with Gasteiger partial charge in [-0.05, 0) is 40.6 Å². The lowest BCUT2D eigenvalue weighted by Gasteiger charge is -2.30. The molecule has 190 valence electrons. The Morgan fingerprint density at radius 3 is 2.36 bits per heavy atom. The van der Waals surface area contributed by atoms with E-state index in [1.807, 2.05) is 5.38 Å². The van der Waals surface area contributed by atoms with Gasteiger partial charge in [0.1, 0.15) is 10.0 Å². The third kappa shape index (κ3) is 5.64. The number of thiophene rings is 2. The predicted molar refractivity (Wildman–Crippen MR) is 131 cm³/mol. The molecule has 1 aliphatic heterocycles. The number of nitrogens with one attached hydrogen (secondary N) is 1. The molecule has 2 unspecified atom stereocenters. The summed E-state index contributed by atoms with van der Waals surface area (Å²) in [6, 6.07) is 10.4. The second-order valence-electron chi connectivity index (χ2n) is 7.98. The zero-order valence-electron chi connectivity index (χ0n) is 18.7. The van der Waals surface area contributed by atoms with E-state index in [2.05, 4.69) is 5.32 Å². The smallest absolute Gasteiger partial charge is 0.305 e. The molecule has 1 aromatic carbocycles. The van der Waals surface area contributed by atoms with Gasteiger partial charge in [0, 0.05) is 18.0 Å². The number of carbonyl (C=O) groups excluding carboxylic acids is 2. The molecule has 36 heavy (non-hydrogen) atoms. The summed E-state index contributed by atoms with van der Waals surface area (Å²) in [5.74, 6) is -3.03. The van der Waals surface area contributed by atoms with E-state index in [0.29, 0.717) is 5.56 Å². The van der Waals surface area contributed by atoms with E-state index < -0.39 is 52.3 Å². The molecular formula is C23H22FN3O6S3. The number of hydrogen-bond donors (Lipinski definition) is 2. The second-order valence-corrected chi connectivity index (χ2v) is 12.1. The van der Waals surface area contributed by atoms with Crippen molar-refractivity contribution in [3.8, 4) is 0 Å². The predicted octanol–water partition coefficient (Wildman–Crippen LogP) is 2.68. The number of carboxylic acids is 1. The largest absolute Gasteiger partial charge is 0.481 e. The fourth-order valence-electron chi connectivity index (χ4n) is 3.95. The molecule has 0 aliphatic carbocycles. The van der Waals surface area contributed by atoms with E-state index in [4.69, 9.17) is 0 Å². The zero-order valence-corrected chi connectivity index (χ0v) is 21.2. The van der Waals surface area contributed by atoms with Gasteiger partial charge in [-0.25, -0.2) is 12.8 Å². The van der Waals surface area contributed by atoms with Crippen LogP contribution in [0.15, 0.2) is 63.5 Å². The number of benzene rings is 1. The summed E-state index contributed by atoms with van der Waals surface area (Å²) >= 11 is 2.35. The Morgan fingerprint density at radius 1 is 1.06 bits per heavy atom. The molecule has 9 nitrogen and oxygen atoms in total. The van der Waals surface area contributed by atoms with E-state index in [1.54, 1.807) is 23.6 Å². The molecule has 0 spiro atoms. The molecule has 2 amide bonds. The molecule has 2 aromatic heterocycles. The normalized spacial score (nSPS) is 17.1. The van der Waals surface area contributed by atoms with Crippen LogP contribution >= 0.6 is 22.7 Å². The molecule has 2 atom stereocenters. The number of amides is 2. The van der Waals surface area contributed by atoms with Crippen molar-refractivity contribution < 1.29 is 32.3 Å². The Kier molecular flexibility index (Phi) is 7.83. The Hall–Kier alpha value is -3.13. The van der Waals surface area contributed by atoms with E-state index >= 15 is 0 Å². The summed E-state index contributed by atoms with van der Waals surface area (Å²) in [5.41, 5.74) is 0.328. The fraction of sp³-hybridized carbons (Fsp3) is 0.261. The van der Waals surface area contributed by atoms with Crippen LogP contribution in [0, 0.1) is 5.82 Å². The average molecular weight is 552 g/mol. The van der Waals surface area contributed by atoms with Crippen molar-refractivity contribution in [2.75, 3.05) is 13.1 Å². The number of rotatable bonds is 9. The Balaban J connectivity index is 1.66. The highest BCUT2D eigenvalue weighted by Crippen LogP contribution is 2.29. The number of hydrogen-bond acceptors (Lipinski definition) is 7. The first-order valence-corrected chi connectivity index (χ1v) is 14.0. The SMILES string of the molecule is O=C(O)CC(NC(=O)C1N(C(=O)Cc2cccs2)CCN1S(=O)(=O)c1cccs1)c1ccc(F)cc1. The van der Waals surface area contributed by atoms with E-state index in [-0.39, 0.29) is 23.7 Å². The van der Waals surface area contributed by atoms with E-state index in [9.17, 15) is 32.3 Å². The zero-order chi connectivity index (χ0) is 25.9. The fourth-order valence-corrected chi connectivity index (χ4v) is 7.31. The van der Waals surface area contributed by atoms with Crippen LogP contribution in [0.3, 0.4) is 0 Å². The second kappa shape index (κ2) is 10.9. The molecule has 13 heteroatoms. The minimum absolute atomic E-state index is 0.00690. The standard InChI is InChI=1S/C23H22FN3O6S3/c24-16-7-5-15(6-8-16)18(14-20(29)30)25-22(31)23-26(19(28)13-17-3-1-11-34-17)9-10-27(23)36(32,33)21-4-2-12-35-21/h1-8,11-12,18,23H,9-10,13-14H2,(H,25,31)(H,29,30). The highest BCUT2D eigenvalue weighted by Gasteiger charge is 2.47. The first-order valence-electron chi connectivity index (χ1n) is 10.8. The number of carboxylic acid groups (broad SMARTS) is 1. The monoisotopic (exact) mass is 551 g/mol. The van der Waals surface area contributed by atoms with Crippen molar-refractivity contribution in [1.82, 2.24) is 14.5 Å². The van der Waals surface area contributed by atoms with Crippen molar-refractivity contribution in [2.45, 2.75) is 29.3 Å². The number of halogens is 1. The minimum atomic E-state index is -4.11. The molecule has 0 saturated carbocycles. The lowest BCUT2D eigenvalue weighted by Crippen LogP contribution is -2.54. The lowest BCUT2D eigenvalue weighted by atomic mass is 10.0. The van der Waals surface area contributed by atoms with Crippen LogP contribution in [0.1, 0.15) is 22.9 Å². The van der Waals surface area contributed by atoms with Gasteiger partial charge in [0.05, 0.1) is 18.9 Å². The third-order valence-electron chi connectivity index (χ3n) is 5.62. The number of carbonyl (C=O) groups is 3. The van der Waals surface area contributed by atoms with Gasteiger partial charge in [-0.15, -0.1) is 22.7 Å². The molecule has 1 saturated heterocycles. The van der Waals surface area contributed by atoms with Gasteiger partial charge in [0.2, 0.25) is 5.91 Å². The van der Waals surface area contributed by atoms with Gasteiger partial charge in [0.25, 0.3) is 15.9 Å². The highest BCUT2D eigenvalue weighted by atomic mass is 32.2. The van der Waals surface area contributed by atoms with Crippen LogP contribution in [-0.4, -0.2) is 59.8 Å². The van der Waals surface area contributed by atoms with Crippen LogP contribution in [0.25, 0.3) is 0 Å². The molecule has 4 rings (SSSR count). The summed E-state index contributed by atoms with van der Waals surface area (Å²) in [5, 5.41) is 15.4. The Morgan fingerprint density at radius 2 is 1.75 bits per heavy atom. The van der Waals surface area contributed by atoms with E-state index in [0.717, 1.165) is 32.7 Å². The summed E-state index contributed by atoms with van der Waals surface area (Å²) in [6.45, 7) is -0.109. The van der Waals surface area contributed by atoms with Crippen molar-refractivity contribution in [2.24, 2.45) is 0 Å². The lowest BCUT2D eigenvalue weighted by molar-refractivity contribution is -0.141. The van der Waals surface area contributed by atoms with Gasteiger partial charge >= 0.3 is 5.97 Å². The quantitative estimate of drug-likeness (QED) is 0.422. The maximum Gasteiger partial charge on any atom is 0.305 e. The molecule has 0 radical (unpaired) electrons. The van der Waals surface area contributed by atoms with Crippen LogP contribution in [0.2, 0.25) is 0 Å². The summed E-state index contributed by atoms with van der Waals surface area (Å²) in [4.78, 5) is 40.1. The van der Waals surface area contributed by atoms with Crippen LogP contribution in [-0.2, 0) is 30.8 Å². The van der Waals surface area contributed by atoms with Crippen molar-refractivity contribution in [3.05, 3.63) is 75.5 Å². The number of nitrogens with zero attached hydrogens (tertiary/aromatic N) is 2. The van der Waals surface area contributed by atoms with Crippen molar-refractivity contribution >= 4 is 50.5 Å². The molecule has 1 fully saturated rings. The molecular weight excluding hydrogens is 529 g/mol. The number of sulfonamides is 1. The molecule has 1 aliphatic rings. The van der Waals surface area contributed by atoms with E-state index in [1.165, 1.54) is 34.4 Å². The van der Waals surface area contributed by atoms with Gasteiger partial charge in [0.15, 0.2) is 6.17 Å². The van der Waals surface area contributed by atoms with Crippen molar-refractivity contribution in [3.63, 3.8) is 0 Å². The minimum Gasteiger partial charge on any atom is -0.481 e. The third-order valence-corrected chi connectivity index (χ3v) is 9.72. The summed E-state index contributed by atoms with van der Waals surface area (Å²) < 4.78 is 41.1. The van der Waals surface area contributed by atoms with Crippen LogP contribution < -0.4 is 5.32 Å². The first-order chi connectivity index (χ1) is 17.2. The van der Waals surface area contributed by atoms with Gasteiger partial charge in [-0.3, -0.25) is 14.4 Å². The maximum atomic E-state index is 13.5. The molecule has 0 bridgehead atoms. The topological polar surface area (TPSA) is 124 Å². The number of aliphatic carboxylic acids is 1. The molecule has 3 heterocycles. The average Bonchev–Trinajstić information content (AvgIpc) is 3.60. The van der Waals surface area contributed by atoms with Crippen molar-refractivity contribution in [1.29, 1.82) is 0 Å². The van der Waals surface area contributed by atoms with Crippen LogP contribution in [0.5, 0.6) is 0 Å². The first kappa shape index (κ1) is 25.9. The van der Waals surface area contributed by atoms with Crippen LogP contribution in [0.4, 0.5) is 4.39 Å². The van der Waals surface area contributed by atoms with Gasteiger partial charge in [-0.2, -0.15) is 4.31 Å². The summed E-state index contributed by atoms with van der Waals surface area (Å²) in [7, 11) is -4.11. The Bertz CT molecular complexity index is 1330. The van der Waals surface area contributed by atoms with Gasteiger partial charge < -0.3 is 15.3 Å². The van der Waals surface area contributed by atoms with Gasteiger partial charge in [-0.1, -0.05) is 24.3 Å². The highest BCUT2D eigenvalue weighted by molar-refractivity contribution is 7.91. The molecule has 2 N–H and O–H groups in total.